The highest BCUT2D eigenvalue weighted by molar-refractivity contribution is 5.76. The van der Waals surface area contributed by atoms with Crippen LogP contribution in [0.5, 0.6) is 0 Å². The standard InChI is InChI=1S/C16H19N5O3/c1-11-9-14(17-8-7-15(22)20(2)3)19-16(18-11)12-5-4-6-13(10-12)21(23)24/h4-6,9-10H,7-8H2,1-3H3,(H,17,18,19). The Morgan fingerprint density at radius 1 is 1.29 bits per heavy atom. The molecule has 0 unspecified atom stereocenters. The normalized spacial score (nSPS) is 10.3. The SMILES string of the molecule is Cc1cc(NCCC(=O)N(C)C)nc(-c2cccc([N+](=O)[O-])c2)n1. The molecule has 2 aromatic rings. The van der Waals surface area contributed by atoms with E-state index in [4.69, 9.17) is 0 Å². The first-order chi connectivity index (χ1) is 11.4. The predicted octanol–water partition coefficient (Wildman–Crippen LogP) is 2.25. The first kappa shape index (κ1) is 17.3. The summed E-state index contributed by atoms with van der Waals surface area (Å²) >= 11 is 0. The Morgan fingerprint density at radius 2 is 2.04 bits per heavy atom. The summed E-state index contributed by atoms with van der Waals surface area (Å²) < 4.78 is 0. The molecule has 0 aliphatic rings. The summed E-state index contributed by atoms with van der Waals surface area (Å²) in [7, 11) is 3.41. The van der Waals surface area contributed by atoms with Gasteiger partial charge in [-0.05, 0) is 6.92 Å². The second-order valence-corrected chi connectivity index (χ2v) is 5.49. The molecule has 2 rings (SSSR count). The Labute approximate surface area is 139 Å². The zero-order chi connectivity index (χ0) is 17.7. The van der Waals surface area contributed by atoms with Gasteiger partial charge in [-0.15, -0.1) is 0 Å². The van der Waals surface area contributed by atoms with Crippen LogP contribution in [0.3, 0.4) is 0 Å². The van der Waals surface area contributed by atoms with Gasteiger partial charge in [-0.25, -0.2) is 9.97 Å². The Morgan fingerprint density at radius 3 is 2.71 bits per heavy atom. The van der Waals surface area contributed by atoms with Crippen LogP contribution in [0.1, 0.15) is 12.1 Å². The maximum absolute atomic E-state index is 11.6. The zero-order valence-corrected chi connectivity index (χ0v) is 13.8. The van der Waals surface area contributed by atoms with Crippen LogP contribution in [0.4, 0.5) is 11.5 Å². The molecule has 0 fully saturated rings. The molecule has 0 bridgehead atoms. The van der Waals surface area contributed by atoms with Gasteiger partial charge in [0.05, 0.1) is 4.92 Å². The number of nitro benzene ring substituents is 1. The molecule has 0 aliphatic heterocycles. The van der Waals surface area contributed by atoms with Gasteiger partial charge in [0.25, 0.3) is 5.69 Å². The lowest BCUT2D eigenvalue weighted by molar-refractivity contribution is -0.384. The average molecular weight is 329 g/mol. The number of rotatable bonds is 6. The van der Waals surface area contributed by atoms with Gasteiger partial charge < -0.3 is 10.2 Å². The van der Waals surface area contributed by atoms with E-state index in [9.17, 15) is 14.9 Å². The van der Waals surface area contributed by atoms with E-state index in [-0.39, 0.29) is 11.6 Å². The van der Waals surface area contributed by atoms with Gasteiger partial charge in [0, 0.05) is 56.5 Å². The van der Waals surface area contributed by atoms with Gasteiger partial charge in [0.15, 0.2) is 5.82 Å². The van der Waals surface area contributed by atoms with E-state index in [0.717, 1.165) is 5.69 Å². The number of nitrogens with one attached hydrogen (secondary N) is 1. The van der Waals surface area contributed by atoms with Crippen LogP contribution in [0.25, 0.3) is 11.4 Å². The molecule has 0 atom stereocenters. The highest BCUT2D eigenvalue weighted by Crippen LogP contribution is 2.22. The lowest BCUT2D eigenvalue weighted by Crippen LogP contribution is -2.24. The molecule has 1 N–H and O–H groups in total. The first-order valence-electron chi connectivity index (χ1n) is 7.41. The van der Waals surface area contributed by atoms with E-state index in [1.165, 1.54) is 17.0 Å². The number of anilines is 1. The number of hydrogen-bond donors (Lipinski definition) is 1. The average Bonchev–Trinajstić information content (AvgIpc) is 2.54. The minimum atomic E-state index is -0.453. The maximum Gasteiger partial charge on any atom is 0.270 e. The second kappa shape index (κ2) is 7.49. The minimum Gasteiger partial charge on any atom is -0.369 e. The largest absolute Gasteiger partial charge is 0.369 e. The van der Waals surface area contributed by atoms with Gasteiger partial charge in [-0.2, -0.15) is 0 Å². The Kier molecular flexibility index (Phi) is 5.41. The van der Waals surface area contributed by atoms with Crippen LogP contribution in [-0.2, 0) is 4.79 Å². The maximum atomic E-state index is 11.6. The Balaban J connectivity index is 2.18. The van der Waals surface area contributed by atoms with Crippen molar-refractivity contribution in [2.24, 2.45) is 0 Å². The molecule has 0 aliphatic carbocycles. The molecule has 0 saturated carbocycles. The van der Waals surface area contributed by atoms with Crippen LogP contribution in [0.2, 0.25) is 0 Å². The number of carbonyl (C=O) groups is 1. The zero-order valence-electron chi connectivity index (χ0n) is 13.8. The lowest BCUT2D eigenvalue weighted by atomic mass is 10.2. The molecular formula is C16H19N5O3. The van der Waals surface area contributed by atoms with Gasteiger partial charge in [-0.3, -0.25) is 14.9 Å². The summed E-state index contributed by atoms with van der Waals surface area (Å²) in [6, 6.07) is 7.95. The monoisotopic (exact) mass is 329 g/mol. The van der Waals surface area contributed by atoms with Crippen molar-refractivity contribution >= 4 is 17.4 Å². The molecule has 1 aromatic carbocycles. The van der Waals surface area contributed by atoms with E-state index in [1.807, 2.05) is 6.92 Å². The van der Waals surface area contributed by atoms with Crippen molar-refractivity contribution in [2.45, 2.75) is 13.3 Å². The fourth-order valence-corrected chi connectivity index (χ4v) is 2.07. The Hall–Kier alpha value is -3.03. The van der Waals surface area contributed by atoms with Gasteiger partial charge in [0.2, 0.25) is 5.91 Å². The van der Waals surface area contributed by atoms with Crippen LogP contribution in [0.15, 0.2) is 30.3 Å². The third-order valence-corrected chi connectivity index (χ3v) is 3.31. The van der Waals surface area contributed by atoms with E-state index in [2.05, 4.69) is 15.3 Å². The molecule has 1 amide bonds. The lowest BCUT2D eigenvalue weighted by Gasteiger charge is -2.11. The molecule has 8 nitrogen and oxygen atoms in total. The molecule has 0 radical (unpaired) electrons. The highest BCUT2D eigenvalue weighted by atomic mass is 16.6. The number of benzene rings is 1. The third-order valence-electron chi connectivity index (χ3n) is 3.31. The van der Waals surface area contributed by atoms with Crippen molar-refractivity contribution in [1.82, 2.24) is 14.9 Å². The van der Waals surface area contributed by atoms with Gasteiger partial charge in [0.1, 0.15) is 5.82 Å². The number of aromatic nitrogens is 2. The number of non-ortho nitro benzene ring substituents is 1. The van der Waals surface area contributed by atoms with Crippen LogP contribution in [0, 0.1) is 17.0 Å². The van der Waals surface area contributed by atoms with E-state index in [1.54, 1.807) is 32.3 Å². The Bertz CT molecular complexity index is 761. The summed E-state index contributed by atoms with van der Waals surface area (Å²) in [5, 5.41) is 14.0. The molecule has 8 heteroatoms. The number of hydrogen-bond acceptors (Lipinski definition) is 6. The fourth-order valence-electron chi connectivity index (χ4n) is 2.07. The molecular weight excluding hydrogens is 310 g/mol. The number of amides is 1. The van der Waals surface area contributed by atoms with Crippen molar-refractivity contribution in [2.75, 3.05) is 26.0 Å². The summed E-state index contributed by atoms with van der Waals surface area (Å²) in [4.78, 5) is 32.3. The van der Waals surface area contributed by atoms with Crippen molar-refractivity contribution in [3.8, 4) is 11.4 Å². The number of nitrogens with zero attached hydrogens (tertiary/aromatic N) is 4. The molecule has 126 valence electrons. The summed E-state index contributed by atoms with van der Waals surface area (Å²) in [6.07, 6.45) is 0.349. The smallest absolute Gasteiger partial charge is 0.270 e. The van der Waals surface area contributed by atoms with E-state index < -0.39 is 4.92 Å². The number of aryl methyl sites for hydroxylation is 1. The van der Waals surface area contributed by atoms with E-state index >= 15 is 0 Å². The van der Waals surface area contributed by atoms with Gasteiger partial charge in [-0.1, -0.05) is 12.1 Å². The van der Waals surface area contributed by atoms with Crippen molar-refractivity contribution < 1.29 is 9.72 Å². The summed E-state index contributed by atoms with van der Waals surface area (Å²) in [5.41, 5.74) is 1.29. The van der Waals surface area contributed by atoms with Crippen LogP contribution >= 0.6 is 0 Å². The molecule has 0 spiro atoms. The molecule has 24 heavy (non-hydrogen) atoms. The number of carbonyl (C=O) groups excluding carboxylic acids is 1. The number of nitro groups is 1. The quantitative estimate of drug-likeness (QED) is 0.644. The first-order valence-corrected chi connectivity index (χ1v) is 7.41. The summed E-state index contributed by atoms with van der Waals surface area (Å²) in [6.45, 7) is 2.26. The van der Waals surface area contributed by atoms with Crippen molar-refractivity contribution in [3.63, 3.8) is 0 Å². The van der Waals surface area contributed by atoms with Gasteiger partial charge >= 0.3 is 0 Å². The third kappa shape index (κ3) is 4.48. The second-order valence-electron chi connectivity index (χ2n) is 5.49. The van der Waals surface area contributed by atoms with Crippen molar-refractivity contribution in [3.05, 3.63) is 46.1 Å². The topological polar surface area (TPSA) is 101 Å². The highest BCUT2D eigenvalue weighted by Gasteiger charge is 2.11. The van der Waals surface area contributed by atoms with Crippen molar-refractivity contribution in [1.29, 1.82) is 0 Å². The molecule has 0 saturated heterocycles. The summed E-state index contributed by atoms with van der Waals surface area (Å²) in [5.74, 6) is 1.00. The molecule has 1 heterocycles. The fraction of sp³-hybridized carbons (Fsp3) is 0.312. The van der Waals surface area contributed by atoms with Crippen LogP contribution < -0.4 is 5.32 Å². The minimum absolute atomic E-state index is 0.0105. The van der Waals surface area contributed by atoms with Crippen LogP contribution in [-0.4, -0.2) is 46.3 Å². The van der Waals surface area contributed by atoms with E-state index in [0.29, 0.717) is 30.2 Å². The predicted molar refractivity (Wildman–Crippen MR) is 90.7 cm³/mol. The molecule has 1 aromatic heterocycles.